The third-order valence-electron chi connectivity index (χ3n) is 2.55. The lowest BCUT2D eigenvalue weighted by Gasteiger charge is -2.15. The first-order chi connectivity index (χ1) is 7.98. The van der Waals surface area contributed by atoms with Gasteiger partial charge in [0.25, 0.3) is 0 Å². The van der Waals surface area contributed by atoms with Crippen LogP contribution in [0.4, 0.5) is 13.2 Å². The largest absolute Gasteiger partial charge is 0.507 e. The molecule has 0 amide bonds. The third kappa shape index (κ3) is 2.87. The summed E-state index contributed by atoms with van der Waals surface area (Å²) in [5, 5.41) is 9.23. The Balaban J connectivity index is 2.30. The first-order valence-corrected chi connectivity index (χ1v) is 6.70. The first kappa shape index (κ1) is 12.6. The standard InChI is InChI=1S/C11H11F3O2S/c12-11(13,14)9-7-8(1-2-10(9)15)17-5-3-16-4-6-17/h1-2,7H,3-6H2/p+1. The number of phenols is 1. The number of benzene rings is 1. The van der Waals surface area contributed by atoms with Crippen LogP contribution in [0.5, 0.6) is 5.75 Å². The lowest BCUT2D eigenvalue weighted by Crippen LogP contribution is -2.26. The number of ether oxygens (including phenoxy) is 1. The van der Waals surface area contributed by atoms with Crippen molar-refractivity contribution in [2.24, 2.45) is 0 Å². The fourth-order valence-corrected chi connectivity index (χ4v) is 3.54. The van der Waals surface area contributed by atoms with Crippen molar-refractivity contribution in [3.05, 3.63) is 23.8 Å². The van der Waals surface area contributed by atoms with Crippen LogP contribution in [0.15, 0.2) is 23.1 Å². The number of halogens is 3. The van der Waals surface area contributed by atoms with Gasteiger partial charge < -0.3 is 9.84 Å². The van der Waals surface area contributed by atoms with E-state index in [4.69, 9.17) is 4.74 Å². The molecule has 2 nitrogen and oxygen atoms in total. The fourth-order valence-electron chi connectivity index (χ4n) is 1.68. The highest BCUT2D eigenvalue weighted by Crippen LogP contribution is 2.37. The second kappa shape index (κ2) is 4.78. The molecule has 0 spiro atoms. The van der Waals surface area contributed by atoms with Crippen LogP contribution >= 0.6 is 0 Å². The second-order valence-corrected chi connectivity index (χ2v) is 5.96. The molecule has 1 N–H and O–H groups in total. The van der Waals surface area contributed by atoms with E-state index in [0.717, 1.165) is 23.6 Å². The number of hydrogen-bond acceptors (Lipinski definition) is 2. The van der Waals surface area contributed by atoms with Gasteiger partial charge in [-0.2, -0.15) is 13.2 Å². The molecule has 0 unspecified atom stereocenters. The molecule has 1 aromatic carbocycles. The van der Waals surface area contributed by atoms with Crippen molar-refractivity contribution in [1.82, 2.24) is 0 Å². The Labute approximate surface area is 99.7 Å². The zero-order valence-electron chi connectivity index (χ0n) is 8.96. The maximum atomic E-state index is 12.6. The van der Waals surface area contributed by atoms with E-state index in [-0.39, 0.29) is 10.9 Å². The molecule has 1 aliphatic rings. The Kier molecular flexibility index (Phi) is 3.53. The molecule has 1 aliphatic heterocycles. The summed E-state index contributed by atoms with van der Waals surface area (Å²) in [5.41, 5.74) is -0.950. The first-order valence-electron chi connectivity index (χ1n) is 5.14. The second-order valence-electron chi connectivity index (χ2n) is 3.69. The van der Waals surface area contributed by atoms with E-state index in [2.05, 4.69) is 0 Å². The van der Waals surface area contributed by atoms with Gasteiger partial charge in [0, 0.05) is 17.0 Å². The molecule has 6 heteroatoms. The minimum atomic E-state index is -4.50. The summed E-state index contributed by atoms with van der Waals surface area (Å²) < 4.78 is 43.0. The van der Waals surface area contributed by atoms with E-state index in [0.29, 0.717) is 18.1 Å². The average molecular weight is 265 g/mol. The molecule has 1 heterocycles. The number of hydrogen-bond donors (Lipinski definition) is 1. The molecule has 2 rings (SSSR count). The summed E-state index contributed by atoms with van der Waals surface area (Å²) in [6, 6.07) is 3.75. The van der Waals surface area contributed by atoms with Crippen molar-refractivity contribution in [1.29, 1.82) is 0 Å². The van der Waals surface area contributed by atoms with Crippen LogP contribution < -0.4 is 0 Å². The maximum absolute atomic E-state index is 12.6. The van der Waals surface area contributed by atoms with Crippen LogP contribution in [-0.2, 0) is 21.8 Å². The summed E-state index contributed by atoms with van der Waals surface area (Å²) in [6.45, 7) is 1.18. The zero-order valence-corrected chi connectivity index (χ0v) is 9.77. The number of alkyl halides is 3. The van der Waals surface area contributed by atoms with Crippen molar-refractivity contribution in [3.63, 3.8) is 0 Å². The van der Waals surface area contributed by atoms with Gasteiger partial charge in [-0.15, -0.1) is 0 Å². The van der Waals surface area contributed by atoms with Crippen molar-refractivity contribution in [2.75, 3.05) is 24.7 Å². The Hall–Kier alpha value is -0.880. The molecule has 0 saturated carbocycles. The van der Waals surface area contributed by atoms with Gasteiger partial charge in [-0.05, 0) is 12.1 Å². The van der Waals surface area contributed by atoms with Gasteiger partial charge in [0.2, 0.25) is 0 Å². The topological polar surface area (TPSA) is 29.5 Å². The van der Waals surface area contributed by atoms with Crippen LogP contribution in [0.1, 0.15) is 5.56 Å². The molecule has 0 atom stereocenters. The van der Waals surface area contributed by atoms with Gasteiger partial charge in [-0.1, -0.05) is 0 Å². The van der Waals surface area contributed by atoms with Gasteiger partial charge in [0.05, 0.1) is 13.2 Å². The molecular weight excluding hydrogens is 253 g/mol. The van der Waals surface area contributed by atoms with Crippen molar-refractivity contribution in [2.45, 2.75) is 11.1 Å². The van der Waals surface area contributed by atoms with Crippen molar-refractivity contribution >= 4 is 10.9 Å². The van der Waals surface area contributed by atoms with Gasteiger partial charge >= 0.3 is 6.18 Å². The predicted octanol–water partition coefficient (Wildman–Crippen LogP) is 2.42. The maximum Gasteiger partial charge on any atom is 0.420 e. The quantitative estimate of drug-likeness (QED) is 0.790. The minimum Gasteiger partial charge on any atom is -0.507 e. The van der Waals surface area contributed by atoms with Crippen molar-refractivity contribution in [3.8, 4) is 5.75 Å². The lowest BCUT2D eigenvalue weighted by atomic mass is 10.2. The van der Waals surface area contributed by atoms with Crippen LogP contribution in [0.2, 0.25) is 0 Å². The highest BCUT2D eigenvalue weighted by Gasteiger charge is 2.36. The molecule has 94 valence electrons. The summed E-state index contributed by atoms with van der Waals surface area (Å²) in [5.74, 6) is 0.794. The molecule has 1 fully saturated rings. The van der Waals surface area contributed by atoms with Crippen LogP contribution in [-0.4, -0.2) is 29.8 Å². The van der Waals surface area contributed by atoms with E-state index in [1.165, 1.54) is 0 Å². The summed E-state index contributed by atoms with van der Waals surface area (Å²) in [6.07, 6.45) is -4.50. The molecule has 0 aliphatic carbocycles. The highest BCUT2D eigenvalue weighted by molar-refractivity contribution is 7.97. The Morgan fingerprint density at radius 1 is 1.18 bits per heavy atom. The van der Waals surface area contributed by atoms with Crippen LogP contribution in [0.25, 0.3) is 0 Å². The normalized spacial score (nSPS) is 18.3. The average Bonchev–Trinajstić information content (AvgIpc) is 2.29. The molecular formula is C11H12F3O2S+. The number of aromatic hydroxyl groups is 1. The smallest absolute Gasteiger partial charge is 0.420 e. The summed E-state index contributed by atoms with van der Waals surface area (Å²) in [4.78, 5) is 0.651. The predicted molar refractivity (Wildman–Crippen MR) is 59.3 cm³/mol. The SMILES string of the molecule is Oc1ccc([S+]2CCOCC2)cc1C(F)(F)F. The van der Waals surface area contributed by atoms with E-state index in [1.807, 2.05) is 0 Å². The summed E-state index contributed by atoms with van der Waals surface area (Å²) >= 11 is 0. The van der Waals surface area contributed by atoms with Crippen LogP contribution in [0.3, 0.4) is 0 Å². The van der Waals surface area contributed by atoms with Gasteiger partial charge in [-0.25, -0.2) is 0 Å². The van der Waals surface area contributed by atoms with Gasteiger partial charge in [0.1, 0.15) is 22.8 Å². The van der Waals surface area contributed by atoms with Crippen molar-refractivity contribution < 1.29 is 23.0 Å². The Morgan fingerprint density at radius 2 is 1.82 bits per heavy atom. The van der Waals surface area contributed by atoms with Gasteiger partial charge in [0.15, 0.2) is 4.90 Å². The fraction of sp³-hybridized carbons (Fsp3) is 0.455. The number of rotatable bonds is 1. The van der Waals surface area contributed by atoms with E-state index in [1.54, 1.807) is 6.07 Å². The monoisotopic (exact) mass is 265 g/mol. The van der Waals surface area contributed by atoms with E-state index < -0.39 is 17.5 Å². The molecule has 0 bridgehead atoms. The molecule has 1 aromatic rings. The molecule has 0 radical (unpaired) electrons. The Morgan fingerprint density at radius 3 is 2.41 bits per heavy atom. The van der Waals surface area contributed by atoms with E-state index >= 15 is 0 Å². The highest BCUT2D eigenvalue weighted by atomic mass is 32.2. The third-order valence-corrected chi connectivity index (χ3v) is 4.79. The molecule has 1 saturated heterocycles. The zero-order chi connectivity index (χ0) is 12.5. The van der Waals surface area contributed by atoms with E-state index in [9.17, 15) is 18.3 Å². The lowest BCUT2D eigenvalue weighted by molar-refractivity contribution is -0.138. The van der Waals surface area contributed by atoms with Crippen LogP contribution in [0, 0.1) is 0 Å². The number of phenolic OH excluding ortho intramolecular Hbond substituents is 1. The van der Waals surface area contributed by atoms with Gasteiger partial charge in [-0.3, -0.25) is 0 Å². The minimum absolute atomic E-state index is 0.198. The Bertz CT molecular complexity index is 400. The molecule has 17 heavy (non-hydrogen) atoms. The molecule has 0 aromatic heterocycles. The summed E-state index contributed by atoms with van der Waals surface area (Å²) in [7, 11) is -0.198.